The predicted molar refractivity (Wildman–Crippen MR) is 111 cm³/mol. The van der Waals surface area contributed by atoms with E-state index in [4.69, 9.17) is 0 Å². The van der Waals surface area contributed by atoms with Crippen LogP contribution in [0.3, 0.4) is 0 Å². The van der Waals surface area contributed by atoms with Gasteiger partial charge in [-0.2, -0.15) is 4.31 Å². The maximum Gasteiger partial charge on any atom is 0.305 e. The van der Waals surface area contributed by atoms with Crippen molar-refractivity contribution >= 4 is 21.9 Å². The monoisotopic (exact) mass is 424 g/mol. The Morgan fingerprint density at radius 2 is 1.83 bits per heavy atom. The maximum atomic E-state index is 13.2. The lowest BCUT2D eigenvalue weighted by atomic mass is 10.0. The SMILES string of the molecule is COC(=O)CCCN(C)C(=O)c1cc(C)c(C)c(S(=O)(=O)N2CCC(C)CC2)c1. The summed E-state index contributed by atoms with van der Waals surface area (Å²) in [5.74, 6) is -0.0567. The summed E-state index contributed by atoms with van der Waals surface area (Å²) in [6, 6.07) is 3.22. The second-order valence-corrected chi connectivity index (χ2v) is 9.82. The summed E-state index contributed by atoms with van der Waals surface area (Å²) in [6.07, 6.45) is 2.41. The zero-order valence-corrected chi connectivity index (χ0v) is 18.8. The summed E-state index contributed by atoms with van der Waals surface area (Å²) in [5.41, 5.74) is 1.79. The number of methoxy groups -OCH3 is 1. The number of carbonyl (C=O) groups excluding carboxylic acids is 2. The molecular weight excluding hydrogens is 392 g/mol. The molecule has 0 N–H and O–H groups in total. The van der Waals surface area contributed by atoms with Crippen molar-refractivity contribution in [3.05, 3.63) is 28.8 Å². The topological polar surface area (TPSA) is 84.0 Å². The van der Waals surface area contributed by atoms with Gasteiger partial charge >= 0.3 is 5.97 Å². The highest BCUT2D eigenvalue weighted by Crippen LogP contribution is 2.28. The van der Waals surface area contributed by atoms with Gasteiger partial charge in [0, 0.05) is 38.7 Å². The molecule has 0 radical (unpaired) electrons. The molecule has 8 heteroatoms. The first kappa shape index (κ1) is 23.3. The highest BCUT2D eigenvalue weighted by molar-refractivity contribution is 7.89. The van der Waals surface area contributed by atoms with Gasteiger partial charge in [0.2, 0.25) is 10.0 Å². The smallest absolute Gasteiger partial charge is 0.305 e. The largest absolute Gasteiger partial charge is 0.469 e. The molecule has 0 saturated carbocycles. The van der Waals surface area contributed by atoms with Gasteiger partial charge in [-0.25, -0.2) is 8.42 Å². The molecule has 2 rings (SSSR count). The number of aryl methyl sites for hydroxylation is 1. The van der Waals surface area contributed by atoms with E-state index in [0.29, 0.717) is 43.1 Å². The molecule has 0 atom stereocenters. The lowest BCUT2D eigenvalue weighted by Gasteiger charge is -2.30. The Morgan fingerprint density at radius 1 is 1.21 bits per heavy atom. The highest BCUT2D eigenvalue weighted by Gasteiger charge is 2.30. The average Bonchev–Trinajstić information content (AvgIpc) is 2.69. The van der Waals surface area contributed by atoms with Gasteiger partial charge in [-0.1, -0.05) is 6.92 Å². The lowest BCUT2D eigenvalue weighted by Crippen LogP contribution is -2.38. The number of hydrogen-bond donors (Lipinski definition) is 0. The quantitative estimate of drug-likeness (QED) is 0.629. The molecule has 1 amide bonds. The fraction of sp³-hybridized carbons (Fsp3) is 0.619. The van der Waals surface area contributed by atoms with Gasteiger partial charge in [0.1, 0.15) is 0 Å². The summed E-state index contributed by atoms with van der Waals surface area (Å²) in [7, 11) is -0.672. The number of nitrogens with zero attached hydrogens (tertiary/aromatic N) is 2. The molecule has 1 heterocycles. The molecule has 1 fully saturated rings. The predicted octanol–water partition coefficient (Wildman–Crippen LogP) is 2.75. The Bertz CT molecular complexity index is 858. The zero-order chi connectivity index (χ0) is 21.8. The lowest BCUT2D eigenvalue weighted by molar-refractivity contribution is -0.140. The summed E-state index contributed by atoms with van der Waals surface area (Å²) >= 11 is 0. The van der Waals surface area contributed by atoms with Crippen molar-refractivity contribution in [2.24, 2.45) is 5.92 Å². The van der Waals surface area contributed by atoms with Crippen molar-refractivity contribution in [1.82, 2.24) is 9.21 Å². The number of piperidine rings is 1. The summed E-state index contributed by atoms with van der Waals surface area (Å²) in [5, 5.41) is 0. The summed E-state index contributed by atoms with van der Waals surface area (Å²) in [4.78, 5) is 25.8. The van der Waals surface area contributed by atoms with E-state index in [1.165, 1.54) is 22.4 Å². The van der Waals surface area contributed by atoms with Crippen molar-refractivity contribution < 1.29 is 22.7 Å². The molecule has 0 aliphatic carbocycles. The van der Waals surface area contributed by atoms with Crippen LogP contribution in [-0.4, -0.2) is 63.3 Å². The highest BCUT2D eigenvalue weighted by atomic mass is 32.2. The molecule has 0 unspecified atom stereocenters. The van der Waals surface area contributed by atoms with Gasteiger partial charge < -0.3 is 9.64 Å². The third kappa shape index (κ3) is 5.57. The molecular formula is C21H32N2O5S. The third-order valence-corrected chi connectivity index (χ3v) is 7.70. The third-order valence-electron chi connectivity index (χ3n) is 5.68. The van der Waals surface area contributed by atoms with E-state index in [9.17, 15) is 18.0 Å². The standard InChI is InChI=1S/C21H32N2O5S/c1-15-8-11-23(12-9-15)29(26,27)19-14-18(13-16(2)17(19)3)21(25)22(4)10-6-7-20(24)28-5/h13-15H,6-12H2,1-5H3. The first-order valence-electron chi connectivity index (χ1n) is 10.0. The number of hydrogen-bond acceptors (Lipinski definition) is 5. The van der Waals surface area contributed by atoms with Crippen LogP contribution in [0, 0.1) is 19.8 Å². The number of esters is 1. The van der Waals surface area contributed by atoms with Crippen molar-refractivity contribution in [2.45, 2.75) is 51.3 Å². The molecule has 0 spiro atoms. The summed E-state index contributed by atoms with van der Waals surface area (Å²) < 4.78 is 32.6. The van der Waals surface area contributed by atoms with Crippen molar-refractivity contribution in [1.29, 1.82) is 0 Å². The number of carbonyl (C=O) groups is 2. The second kappa shape index (κ2) is 9.71. The molecule has 29 heavy (non-hydrogen) atoms. The Hall–Kier alpha value is -1.93. The van der Waals surface area contributed by atoms with Crippen LogP contribution < -0.4 is 0 Å². The van der Waals surface area contributed by atoms with E-state index in [0.717, 1.165) is 18.4 Å². The van der Waals surface area contributed by atoms with E-state index >= 15 is 0 Å². The van der Waals surface area contributed by atoms with Gasteiger partial charge in [0.05, 0.1) is 12.0 Å². The molecule has 1 aliphatic rings. The fourth-order valence-electron chi connectivity index (χ4n) is 3.47. The molecule has 0 bridgehead atoms. The minimum Gasteiger partial charge on any atom is -0.469 e. The Labute approximate surface area is 174 Å². The van der Waals surface area contributed by atoms with Crippen LogP contribution in [0.5, 0.6) is 0 Å². The van der Waals surface area contributed by atoms with Crippen LogP contribution in [0.15, 0.2) is 17.0 Å². The minimum atomic E-state index is -3.65. The molecule has 1 aromatic carbocycles. The first-order valence-corrected chi connectivity index (χ1v) is 11.5. The van der Waals surface area contributed by atoms with Crippen LogP contribution in [0.25, 0.3) is 0 Å². The van der Waals surface area contributed by atoms with Gasteiger partial charge in [-0.3, -0.25) is 9.59 Å². The van der Waals surface area contributed by atoms with E-state index in [1.807, 2.05) is 6.92 Å². The first-order chi connectivity index (χ1) is 13.6. The van der Waals surface area contributed by atoms with Crippen LogP contribution in [0.2, 0.25) is 0 Å². The van der Waals surface area contributed by atoms with Crippen molar-refractivity contribution in [3.63, 3.8) is 0 Å². The Balaban J connectivity index is 2.24. The molecule has 1 aliphatic heterocycles. The molecule has 162 valence electrons. The molecule has 1 aromatic rings. The van der Waals surface area contributed by atoms with E-state index in [1.54, 1.807) is 20.0 Å². The van der Waals surface area contributed by atoms with Gasteiger partial charge in [-0.15, -0.1) is 0 Å². The van der Waals surface area contributed by atoms with Crippen LogP contribution >= 0.6 is 0 Å². The van der Waals surface area contributed by atoms with E-state index in [2.05, 4.69) is 11.7 Å². The normalized spacial score (nSPS) is 15.9. The fourth-order valence-corrected chi connectivity index (χ4v) is 5.26. The number of sulfonamides is 1. The van der Waals surface area contributed by atoms with E-state index in [-0.39, 0.29) is 23.2 Å². The molecule has 1 saturated heterocycles. The van der Waals surface area contributed by atoms with Crippen LogP contribution in [0.4, 0.5) is 0 Å². The van der Waals surface area contributed by atoms with E-state index < -0.39 is 10.0 Å². The number of amides is 1. The van der Waals surface area contributed by atoms with Crippen molar-refractivity contribution in [2.75, 3.05) is 33.8 Å². The minimum absolute atomic E-state index is 0.207. The van der Waals surface area contributed by atoms with Gasteiger partial charge in [0.25, 0.3) is 5.91 Å². The Morgan fingerprint density at radius 3 is 2.41 bits per heavy atom. The number of rotatable bonds is 7. The number of benzene rings is 1. The van der Waals surface area contributed by atoms with Crippen molar-refractivity contribution in [3.8, 4) is 0 Å². The zero-order valence-electron chi connectivity index (χ0n) is 18.0. The Kier molecular flexibility index (Phi) is 7.82. The average molecular weight is 425 g/mol. The van der Waals surface area contributed by atoms with Gasteiger partial charge in [0.15, 0.2) is 0 Å². The number of ether oxygens (including phenoxy) is 1. The maximum absolute atomic E-state index is 13.2. The summed E-state index contributed by atoms with van der Waals surface area (Å²) in [6.45, 7) is 7.13. The second-order valence-electron chi connectivity index (χ2n) is 7.91. The molecule has 0 aromatic heterocycles. The van der Waals surface area contributed by atoms with Crippen LogP contribution in [0.1, 0.15) is 54.1 Å². The van der Waals surface area contributed by atoms with Gasteiger partial charge in [-0.05, 0) is 62.3 Å². The molecule has 7 nitrogen and oxygen atoms in total. The van der Waals surface area contributed by atoms with Crippen LogP contribution in [-0.2, 0) is 19.6 Å².